The van der Waals surface area contributed by atoms with Crippen LogP contribution in [0.3, 0.4) is 0 Å². The second-order valence-electron chi connectivity index (χ2n) is 7.60. The molecule has 2 fully saturated rings. The fourth-order valence-electron chi connectivity index (χ4n) is 4.04. The summed E-state index contributed by atoms with van der Waals surface area (Å²) in [6.45, 7) is 1.36. The number of methoxy groups -OCH3 is 1. The molecule has 0 radical (unpaired) electrons. The van der Waals surface area contributed by atoms with Gasteiger partial charge in [-0.1, -0.05) is 6.07 Å². The minimum absolute atomic E-state index is 0.0494. The first-order chi connectivity index (χ1) is 15.1. The predicted molar refractivity (Wildman–Crippen MR) is 110 cm³/mol. The van der Waals surface area contributed by atoms with Gasteiger partial charge >= 0.3 is 0 Å². The quantitative estimate of drug-likeness (QED) is 0.724. The largest absolute Gasteiger partial charge is 0.497 e. The smallest absolute Gasteiger partial charge is 0.251 e. The molecule has 160 valence electrons. The van der Waals surface area contributed by atoms with Crippen LogP contribution in [-0.4, -0.2) is 59.5 Å². The molecule has 3 heterocycles. The molecule has 2 aromatic rings. The van der Waals surface area contributed by atoms with Gasteiger partial charge < -0.3 is 19.3 Å². The highest BCUT2D eigenvalue weighted by Gasteiger charge is 2.38. The van der Waals surface area contributed by atoms with Gasteiger partial charge in [-0.2, -0.15) is 5.26 Å². The van der Waals surface area contributed by atoms with E-state index < -0.39 is 5.92 Å². The predicted octanol–water partition coefficient (Wildman–Crippen LogP) is 1.78. The number of hydrogen-bond acceptors (Lipinski definition) is 7. The Labute approximate surface area is 180 Å². The average Bonchev–Trinajstić information content (AvgIpc) is 3.20. The van der Waals surface area contributed by atoms with Gasteiger partial charge in [0.2, 0.25) is 17.5 Å². The number of carbonyl (C=O) groups is 2. The van der Waals surface area contributed by atoms with Gasteiger partial charge in [0.1, 0.15) is 17.9 Å². The number of anilines is 1. The van der Waals surface area contributed by atoms with Crippen molar-refractivity contribution in [2.24, 2.45) is 5.92 Å². The van der Waals surface area contributed by atoms with Crippen molar-refractivity contribution >= 4 is 17.5 Å². The molecular weight excluding hydrogens is 398 g/mol. The molecule has 2 atom stereocenters. The van der Waals surface area contributed by atoms with Crippen LogP contribution >= 0.6 is 0 Å². The fraction of sp³-hybridized carbons (Fsp3) is 0.409. The van der Waals surface area contributed by atoms with E-state index in [0.717, 1.165) is 18.5 Å². The number of rotatable bonds is 5. The maximum Gasteiger partial charge on any atom is 0.251 e. The van der Waals surface area contributed by atoms with Crippen LogP contribution in [0.25, 0.3) is 0 Å². The summed E-state index contributed by atoms with van der Waals surface area (Å²) in [4.78, 5) is 37.2. The summed E-state index contributed by atoms with van der Waals surface area (Å²) < 4.78 is 11.1. The maximum absolute atomic E-state index is 13.2. The molecule has 0 bridgehead atoms. The molecule has 2 amide bonds. The van der Waals surface area contributed by atoms with E-state index in [1.807, 2.05) is 24.3 Å². The Balaban J connectivity index is 1.41. The molecule has 1 aromatic carbocycles. The Kier molecular flexibility index (Phi) is 5.98. The summed E-state index contributed by atoms with van der Waals surface area (Å²) in [5.74, 6) is 0.325. The van der Waals surface area contributed by atoms with Crippen molar-refractivity contribution in [3.05, 3.63) is 42.4 Å². The first-order valence-corrected chi connectivity index (χ1v) is 10.2. The van der Waals surface area contributed by atoms with Crippen LogP contribution in [-0.2, 0) is 9.59 Å². The van der Waals surface area contributed by atoms with Crippen molar-refractivity contribution in [3.8, 4) is 17.7 Å². The zero-order valence-corrected chi connectivity index (χ0v) is 17.2. The molecule has 0 spiro atoms. The van der Waals surface area contributed by atoms with Crippen LogP contribution in [0.2, 0.25) is 0 Å². The first-order valence-electron chi connectivity index (χ1n) is 10.2. The number of hydrogen-bond donors (Lipinski definition) is 0. The number of amides is 2. The lowest BCUT2D eigenvalue weighted by atomic mass is 10.0. The van der Waals surface area contributed by atoms with Crippen molar-refractivity contribution in [1.82, 2.24) is 14.9 Å². The van der Waals surface area contributed by atoms with Crippen molar-refractivity contribution in [2.75, 3.05) is 31.6 Å². The Morgan fingerprint density at radius 1 is 1.26 bits per heavy atom. The van der Waals surface area contributed by atoms with Crippen LogP contribution in [0.15, 0.2) is 36.7 Å². The van der Waals surface area contributed by atoms with Gasteiger partial charge in [-0.25, -0.2) is 9.97 Å². The van der Waals surface area contributed by atoms with E-state index in [9.17, 15) is 9.59 Å². The molecule has 2 saturated heterocycles. The number of carbonyl (C=O) groups excluding carboxylic acids is 2. The van der Waals surface area contributed by atoms with Crippen LogP contribution in [0.4, 0.5) is 5.69 Å². The van der Waals surface area contributed by atoms with Crippen molar-refractivity contribution in [1.29, 1.82) is 5.26 Å². The van der Waals surface area contributed by atoms with E-state index in [2.05, 4.69) is 9.97 Å². The summed E-state index contributed by atoms with van der Waals surface area (Å²) in [6.07, 6.45) is 4.35. The van der Waals surface area contributed by atoms with Crippen LogP contribution < -0.4 is 14.4 Å². The average molecular weight is 421 g/mol. The number of benzene rings is 1. The molecule has 0 aliphatic carbocycles. The fourth-order valence-corrected chi connectivity index (χ4v) is 4.04. The first kappa shape index (κ1) is 20.6. The lowest BCUT2D eigenvalue weighted by molar-refractivity contribution is -0.138. The van der Waals surface area contributed by atoms with Crippen molar-refractivity contribution in [2.45, 2.75) is 25.4 Å². The maximum atomic E-state index is 13.2. The number of nitrogens with zero attached hydrogens (tertiary/aromatic N) is 5. The zero-order valence-electron chi connectivity index (χ0n) is 17.2. The highest BCUT2D eigenvalue weighted by molar-refractivity contribution is 6.00. The Morgan fingerprint density at radius 2 is 2.10 bits per heavy atom. The number of piperidine rings is 1. The monoisotopic (exact) mass is 421 g/mol. The topological polar surface area (TPSA) is 109 Å². The summed E-state index contributed by atoms with van der Waals surface area (Å²) in [7, 11) is 1.58. The summed E-state index contributed by atoms with van der Waals surface area (Å²) >= 11 is 0. The number of likely N-dealkylation sites (tertiary alicyclic amines) is 1. The molecule has 2 unspecified atom stereocenters. The second-order valence-corrected chi connectivity index (χ2v) is 7.60. The van der Waals surface area contributed by atoms with Crippen molar-refractivity contribution < 1.29 is 19.1 Å². The SMILES string of the molecule is COc1cccc(N2CC(C(=O)N3CCCC(Oc4nccnc4C#N)C3)CC2=O)c1. The summed E-state index contributed by atoms with van der Waals surface area (Å²) in [6, 6.07) is 9.24. The normalized spacial score (nSPS) is 21.0. The Bertz CT molecular complexity index is 1020. The molecule has 2 aliphatic heterocycles. The minimum Gasteiger partial charge on any atom is -0.497 e. The zero-order chi connectivity index (χ0) is 21.8. The van der Waals surface area contributed by atoms with Crippen LogP contribution in [0.5, 0.6) is 11.6 Å². The van der Waals surface area contributed by atoms with Gasteiger partial charge in [0, 0.05) is 43.7 Å². The molecule has 0 saturated carbocycles. The van der Waals surface area contributed by atoms with E-state index in [-0.39, 0.29) is 35.9 Å². The number of nitriles is 1. The summed E-state index contributed by atoms with van der Waals surface area (Å²) in [5.41, 5.74) is 0.854. The third-order valence-corrected chi connectivity index (χ3v) is 5.58. The van der Waals surface area contributed by atoms with Gasteiger partial charge in [0.15, 0.2) is 0 Å². The van der Waals surface area contributed by atoms with Gasteiger partial charge in [-0.15, -0.1) is 0 Å². The van der Waals surface area contributed by atoms with Gasteiger partial charge in [-0.3, -0.25) is 9.59 Å². The number of aromatic nitrogens is 2. The molecule has 9 nitrogen and oxygen atoms in total. The molecule has 2 aliphatic rings. The van der Waals surface area contributed by atoms with E-state index >= 15 is 0 Å². The molecular formula is C22H23N5O4. The lowest BCUT2D eigenvalue weighted by Crippen LogP contribution is -2.47. The van der Waals surface area contributed by atoms with Crippen LogP contribution in [0.1, 0.15) is 25.0 Å². The molecule has 1 aromatic heterocycles. The second kappa shape index (κ2) is 9.00. The van der Waals surface area contributed by atoms with Gasteiger partial charge in [0.05, 0.1) is 19.6 Å². The highest BCUT2D eigenvalue weighted by Crippen LogP contribution is 2.29. The van der Waals surface area contributed by atoms with E-state index in [0.29, 0.717) is 25.4 Å². The number of ether oxygens (including phenoxy) is 2. The minimum atomic E-state index is -0.399. The summed E-state index contributed by atoms with van der Waals surface area (Å²) in [5, 5.41) is 9.17. The van der Waals surface area contributed by atoms with Crippen LogP contribution in [0, 0.1) is 17.2 Å². The molecule has 4 rings (SSSR count). The molecule has 9 heteroatoms. The Morgan fingerprint density at radius 3 is 2.90 bits per heavy atom. The van der Waals surface area contributed by atoms with Gasteiger partial charge in [0.25, 0.3) is 5.88 Å². The van der Waals surface area contributed by atoms with E-state index in [4.69, 9.17) is 14.7 Å². The van der Waals surface area contributed by atoms with Gasteiger partial charge in [-0.05, 0) is 25.0 Å². The molecule has 31 heavy (non-hydrogen) atoms. The highest BCUT2D eigenvalue weighted by atomic mass is 16.5. The third-order valence-electron chi connectivity index (χ3n) is 5.58. The van der Waals surface area contributed by atoms with E-state index in [1.165, 1.54) is 12.4 Å². The standard InChI is InChI=1S/C22H23N5O4/c1-30-17-5-2-4-16(11-17)27-13-15(10-20(27)28)22(29)26-9-3-6-18(14-26)31-21-19(12-23)24-7-8-25-21/h2,4-5,7-8,11,15,18H,3,6,9-10,13-14H2,1H3. The lowest BCUT2D eigenvalue weighted by Gasteiger charge is -2.34. The molecule has 0 N–H and O–H groups in total. The Hall–Kier alpha value is -3.67. The van der Waals surface area contributed by atoms with E-state index in [1.54, 1.807) is 23.0 Å². The van der Waals surface area contributed by atoms with Crippen molar-refractivity contribution in [3.63, 3.8) is 0 Å². The third kappa shape index (κ3) is 4.43.